The molecule has 4 heteroatoms. The van der Waals surface area contributed by atoms with E-state index in [2.05, 4.69) is 329 Å². The Morgan fingerprint density at radius 1 is 0.268 bits per heavy atom. The average molecular weight is 1600 g/mol. The molecule has 1 aromatic heterocycles. The lowest BCUT2D eigenvalue weighted by molar-refractivity contribution is 0.569. The Morgan fingerprint density at radius 2 is 0.675 bits per heavy atom. The highest BCUT2D eigenvalue weighted by Crippen LogP contribution is 2.62. The van der Waals surface area contributed by atoms with E-state index in [1.165, 1.54) is 11.1 Å². The van der Waals surface area contributed by atoms with E-state index in [4.69, 9.17) is 1.37 Å². The van der Waals surface area contributed by atoms with Gasteiger partial charge in [-0.1, -0.05) is 410 Å². The van der Waals surface area contributed by atoms with E-state index in [0.717, 1.165) is 134 Å². The molecule has 0 fully saturated rings. The summed E-state index contributed by atoms with van der Waals surface area (Å²) in [6.07, 6.45) is 0. The minimum atomic E-state index is -1.03. The summed E-state index contributed by atoms with van der Waals surface area (Å²) < 4.78 is 129. The SMILES string of the molecule is [2H]c1c([2H])c([2H])c(-c2ccc3c(c2)B2c4ccc(-c5cccc6c5C(c5ccccc5)(c5ccccc5-c5cc(C(C)(C)C)cc(C(C)(C)C)c5)c5ccccc5-6)cc4N(c4c(-c5ccccc5)cc(C(C)(C)C)cc4-c4ccccc4)c4cc(-n5c6c([2H])c([2H])c([2H])c([2H])c6c6c([2H])c([2H])c([2H])c([2H])c65)cc(c42)N3c2c(-c3ccccc3)cc(C(C)(C)C)cc2-c2ccccc2)c([2H])c1[2H]. The number of hydrogen-bond acceptors (Lipinski definition) is 2. The molecule has 0 saturated carbocycles. The maximum absolute atomic E-state index is 10.4. The largest absolute Gasteiger partial charge is 0.310 e. The monoisotopic (exact) mass is 1590 g/mol. The molecule has 0 N–H and O–H groups in total. The number of aromatic nitrogens is 1. The van der Waals surface area contributed by atoms with Crippen LogP contribution in [0.2, 0.25) is 0 Å². The summed E-state index contributed by atoms with van der Waals surface area (Å²) in [7, 11) is 0. The van der Waals surface area contributed by atoms with Crippen LogP contribution in [0.4, 0.5) is 34.1 Å². The van der Waals surface area contributed by atoms with Gasteiger partial charge in [0.1, 0.15) is 0 Å². The predicted octanol–water partition coefficient (Wildman–Crippen LogP) is 30.1. The number of para-hydroxylation sites is 2. The van der Waals surface area contributed by atoms with Gasteiger partial charge in [0.15, 0.2) is 0 Å². The second-order valence-electron chi connectivity index (χ2n) is 37.4. The molecule has 0 saturated heterocycles. The van der Waals surface area contributed by atoms with E-state index >= 15 is 0 Å². The lowest BCUT2D eigenvalue weighted by atomic mass is 9.33. The Labute approximate surface area is 744 Å². The second-order valence-corrected chi connectivity index (χ2v) is 37.4. The summed E-state index contributed by atoms with van der Waals surface area (Å²) in [6, 6.07) is 104. The molecule has 0 spiro atoms. The van der Waals surface area contributed by atoms with Crippen molar-refractivity contribution in [3.05, 3.63) is 432 Å². The summed E-state index contributed by atoms with van der Waals surface area (Å²) in [5.41, 5.74) is 26.3. The number of nitrogens with zero attached hydrogens (tertiary/aromatic N) is 3. The number of fused-ring (bicyclic) bond motifs is 10. The highest BCUT2D eigenvalue weighted by atomic mass is 15.2. The molecule has 1 unspecified atom stereocenters. The smallest absolute Gasteiger partial charge is 0.252 e. The van der Waals surface area contributed by atoms with Crippen molar-refractivity contribution >= 4 is 79.0 Å². The summed E-state index contributed by atoms with van der Waals surface area (Å²) in [5.74, 6) is 0. The van der Waals surface area contributed by atoms with E-state index in [9.17, 15) is 16.4 Å². The van der Waals surface area contributed by atoms with Gasteiger partial charge in [0.2, 0.25) is 0 Å². The molecule has 1 aliphatic carbocycles. The van der Waals surface area contributed by atoms with Gasteiger partial charge in [-0.3, -0.25) is 0 Å². The molecule has 0 radical (unpaired) electrons. The van der Waals surface area contributed by atoms with Crippen LogP contribution in [0, 0.1) is 0 Å². The van der Waals surface area contributed by atoms with Crippen LogP contribution in [0.1, 0.15) is 145 Å². The van der Waals surface area contributed by atoms with Crippen LogP contribution < -0.4 is 26.2 Å². The molecule has 18 aromatic rings. The third kappa shape index (κ3) is 12.7. The molecular weight excluding hydrogens is 1480 g/mol. The normalized spacial score (nSPS) is 15.6. The maximum Gasteiger partial charge on any atom is 0.252 e. The van der Waals surface area contributed by atoms with Crippen molar-refractivity contribution in [3.63, 3.8) is 0 Å². The standard InChI is InChI=1S/C119H100BN3/c1-115(2,3)86-66-84(67-87(70-86)116(4,5)6)91-52-31-35-58-101(91)119(85-50-29-18-30-51-85)102-59-36-32-53-93(102)96-57-39-56-92(111(96)119)83-62-64-103-108(69-83)123(114-99(80-46-25-16-26-47-80)73-89(118(10,11)12)74-100(114)81-48-27-17-28-49-81)110-76-90(121-105-60-37-33-54-94(105)95-55-34-38-61-106(95)121)75-109-112(110)120(103)104-68-82(77-40-19-13-20-41-77)63-65-107(104)122(109)113-97(78-42-21-14-22-43-78)71-88(117(7,8)9)72-98(113)79-44-23-15-24-45-79/h13-76H,1-12H3/i13D,19D,20D,33D,34D,37D,38D,40D,41D,54D,55D,60D,61D. The van der Waals surface area contributed by atoms with Crippen LogP contribution in [0.15, 0.2) is 388 Å². The zero-order valence-electron chi connectivity index (χ0n) is 84.4. The minimum Gasteiger partial charge on any atom is -0.310 e. The number of benzene rings is 17. The third-order valence-corrected chi connectivity index (χ3v) is 25.8. The Hall–Kier alpha value is -13.8. The van der Waals surface area contributed by atoms with E-state index in [0.29, 0.717) is 33.8 Å². The number of rotatable bonds is 12. The molecular formula is C119H100BN3. The van der Waals surface area contributed by atoms with Crippen LogP contribution in [0.5, 0.6) is 0 Å². The van der Waals surface area contributed by atoms with Crippen molar-refractivity contribution < 1.29 is 17.8 Å². The number of hydrogen-bond donors (Lipinski definition) is 0. The van der Waals surface area contributed by atoms with Crippen LogP contribution in [-0.4, -0.2) is 11.3 Å². The fraction of sp³-hybridized carbons (Fsp3) is 0.143. The molecule has 3 nitrogen and oxygen atoms in total. The Balaban J connectivity index is 0.991. The van der Waals surface area contributed by atoms with Crippen molar-refractivity contribution in [2.45, 2.75) is 110 Å². The molecule has 1 atom stereocenters. The average Bonchev–Trinajstić information content (AvgIpc) is 1.52. The Morgan fingerprint density at radius 3 is 1.17 bits per heavy atom. The molecule has 123 heavy (non-hydrogen) atoms. The van der Waals surface area contributed by atoms with Gasteiger partial charge < -0.3 is 14.4 Å². The molecule has 3 aliphatic rings. The first-order chi connectivity index (χ1) is 65.0. The summed E-state index contributed by atoms with van der Waals surface area (Å²) in [6.45, 7) is 26.2. The zero-order valence-corrected chi connectivity index (χ0v) is 71.4. The highest BCUT2D eigenvalue weighted by Gasteiger charge is 2.51. The van der Waals surface area contributed by atoms with Gasteiger partial charge in [0.05, 0.1) is 51.3 Å². The fourth-order valence-electron chi connectivity index (χ4n) is 19.7. The molecule has 0 bridgehead atoms. The lowest BCUT2D eigenvalue weighted by Gasteiger charge is -2.46. The Bertz CT molecular complexity index is 7790. The van der Waals surface area contributed by atoms with Gasteiger partial charge in [-0.05, 0) is 210 Å². The van der Waals surface area contributed by atoms with Gasteiger partial charge in [-0.25, -0.2) is 0 Å². The predicted molar refractivity (Wildman–Crippen MR) is 525 cm³/mol. The number of anilines is 6. The van der Waals surface area contributed by atoms with Gasteiger partial charge in [0, 0.05) is 55.8 Å². The Kier molecular flexibility index (Phi) is 15.0. The molecule has 594 valence electrons. The van der Waals surface area contributed by atoms with E-state index < -0.39 is 89.4 Å². The molecule has 21 rings (SSSR count). The van der Waals surface area contributed by atoms with Crippen molar-refractivity contribution in [2.75, 3.05) is 9.80 Å². The van der Waals surface area contributed by atoms with Gasteiger partial charge >= 0.3 is 0 Å². The first kappa shape index (κ1) is 63.2. The van der Waals surface area contributed by atoms with Gasteiger partial charge in [-0.15, -0.1) is 0 Å². The minimum absolute atomic E-state index is 0.0117. The molecule has 17 aromatic carbocycles. The van der Waals surface area contributed by atoms with Crippen molar-refractivity contribution in [1.29, 1.82) is 0 Å². The summed E-state index contributed by atoms with van der Waals surface area (Å²) in [4.78, 5) is 4.70. The quantitative estimate of drug-likeness (QED) is 0.113. The first-order valence-corrected chi connectivity index (χ1v) is 42.8. The topological polar surface area (TPSA) is 11.4 Å². The lowest BCUT2D eigenvalue weighted by Crippen LogP contribution is -2.61. The maximum atomic E-state index is 10.4. The molecule has 3 heterocycles. The summed E-state index contributed by atoms with van der Waals surface area (Å²) >= 11 is 0. The van der Waals surface area contributed by atoms with Crippen molar-refractivity contribution in [2.24, 2.45) is 0 Å². The highest BCUT2D eigenvalue weighted by molar-refractivity contribution is 7.00. The second kappa shape index (κ2) is 29.2. The van der Waals surface area contributed by atoms with Crippen LogP contribution in [0.25, 0.3) is 117 Å². The van der Waals surface area contributed by atoms with E-state index in [1.54, 1.807) is 4.57 Å². The van der Waals surface area contributed by atoms with E-state index in [1.807, 2.05) is 72.8 Å². The van der Waals surface area contributed by atoms with Crippen molar-refractivity contribution in [3.8, 4) is 94.7 Å². The van der Waals surface area contributed by atoms with Crippen molar-refractivity contribution in [1.82, 2.24) is 4.57 Å². The zero-order chi connectivity index (χ0) is 95.3. The first-order valence-electron chi connectivity index (χ1n) is 49.3. The van der Waals surface area contributed by atoms with Gasteiger partial charge in [0.25, 0.3) is 6.71 Å². The van der Waals surface area contributed by atoms with Crippen LogP contribution in [0.3, 0.4) is 0 Å². The third-order valence-electron chi connectivity index (χ3n) is 25.8. The molecule has 0 amide bonds. The summed E-state index contributed by atoms with van der Waals surface area (Å²) in [5, 5.41) is -0.172. The van der Waals surface area contributed by atoms with E-state index in [-0.39, 0.29) is 56.0 Å². The van der Waals surface area contributed by atoms with Gasteiger partial charge in [-0.2, -0.15) is 0 Å². The van der Waals surface area contributed by atoms with Crippen LogP contribution in [-0.2, 0) is 27.1 Å². The molecule has 2 aliphatic heterocycles. The fourth-order valence-corrected chi connectivity index (χ4v) is 19.7. The van der Waals surface area contributed by atoms with Crippen LogP contribution >= 0.6 is 0 Å².